The molecule has 10 nitrogen and oxygen atoms in total. The molecule has 0 saturated heterocycles. The van der Waals surface area contributed by atoms with Gasteiger partial charge in [0.15, 0.2) is 0 Å². The first-order valence-electron chi connectivity index (χ1n) is 10.4. The van der Waals surface area contributed by atoms with Crippen LogP contribution in [0.2, 0.25) is 5.02 Å². The first kappa shape index (κ1) is 26.9. The van der Waals surface area contributed by atoms with Crippen molar-refractivity contribution in [2.24, 2.45) is 0 Å². The number of nitrogens with zero attached hydrogens (tertiary/aromatic N) is 3. The van der Waals surface area contributed by atoms with Crippen LogP contribution >= 0.6 is 23.1 Å². The molecule has 2 aromatic carbocycles. The quantitative estimate of drug-likeness (QED) is 0.214. The molecule has 3 aromatic rings. The molecule has 1 N–H and O–H groups in total. The van der Waals surface area contributed by atoms with Gasteiger partial charge in [-0.05, 0) is 35.9 Å². The van der Waals surface area contributed by atoms with Crippen molar-refractivity contribution in [3.05, 3.63) is 58.6 Å². The number of halogens is 1. The van der Waals surface area contributed by atoms with E-state index in [1.165, 1.54) is 13.0 Å². The second kappa shape index (κ2) is 12.3. The minimum absolute atomic E-state index is 0.0360. The van der Waals surface area contributed by atoms with Crippen LogP contribution < -0.4 is 19.5 Å². The highest BCUT2D eigenvalue weighted by Crippen LogP contribution is 2.27. The number of carbonyl (C=O) groups is 1. The van der Waals surface area contributed by atoms with Crippen LogP contribution in [0.25, 0.3) is 6.08 Å². The van der Waals surface area contributed by atoms with E-state index in [0.717, 1.165) is 0 Å². The fraction of sp³-hybridized carbons (Fsp3) is 0.217. The van der Waals surface area contributed by atoms with Crippen molar-refractivity contribution in [1.82, 2.24) is 9.36 Å². The highest BCUT2D eigenvalue weighted by Gasteiger charge is 2.20. The van der Waals surface area contributed by atoms with Gasteiger partial charge >= 0.3 is 0 Å². The molecule has 0 radical (unpaired) electrons. The van der Waals surface area contributed by atoms with Gasteiger partial charge in [-0.1, -0.05) is 30.7 Å². The molecule has 0 aliphatic carbocycles. The third kappa shape index (κ3) is 7.17. The van der Waals surface area contributed by atoms with E-state index in [9.17, 15) is 18.5 Å². The average molecular weight is 549 g/mol. The van der Waals surface area contributed by atoms with Crippen molar-refractivity contribution in [2.45, 2.75) is 12.1 Å². The molecule has 3 rings (SSSR count). The van der Waals surface area contributed by atoms with Crippen LogP contribution in [-0.4, -0.2) is 49.8 Å². The molecule has 36 heavy (non-hydrogen) atoms. The van der Waals surface area contributed by atoms with E-state index in [1.807, 2.05) is 12.1 Å². The minimum Gasteiger partial charge on any atom is -0.497 e. The largest absolute Gasteiger partial charge is 0.497 e. The van der Waals surface area contributed by atoms with Gasteiger partial charge in [0.1, 0.15) is 42.1 Å². The summed E-state index contributed by atoms with van der Waals surface area (Å²) in [5.41, 5.74) is 0.250. The van der Waals surface area contributed by atoms with Crippen molar-refractivity contribution in [3.8, 4) is 23.3 Å². The smallest absolute Gasteiger partial charge is 0.268 e. The number of aromatic nitrogens is 2. The number of rotatable bonds is 11. The molecule has 1 aromatic heterocycles. The lowest BCUT2D eigenvalue weighted by Crippen LogP contribution is -2.13. The molecule has 0 bridgehead atoms. The molecule has 188 valence electrons. The predicted octanol–water partition coefficient (Wildman–Crippen LogP) is 4.00. The Kier molecular flexibility index (Phi) is 9.24. The third-order valence-corrected chi connectivity index (χ3v) is 7.11. The molecule has 0 unspecified atom stereocenters. The van der Waals surface area contributed by atoms with Gasteiger partial charge < -0.3 is 14.2 Å². The average Bonchev–Trinajstić information content (AvgIpc) is 3.35. The van der Waals surface area contributed by atoms with Crippen LogP contribution in [-0.2, 0) is 14.6 Å². The summed E-state index contributed by atoms with van der Waals surface area (Å²) in [6.07, 6.45) is 1.33. The third-order valence-electron chi connectivity index (χ3n) is 4.57. The van der Waals surface area contributed by atoms with Gasteiger partial charge in [0, 0.05) is 17.6 Å². The fourth-order valence-corrected chi connectivity index (χ4v) is 4.55. The number of carbonyl (C=O) groups excluding carboxylic acids is 1. The molecular formula is C23H21ClN4O6S2. The molecule has 1 amide bonds. The Bertz CT molecular complexity index is 1420. The summed E-state index contributed by atoms with van der Waals surface area (Å²) in [6.45, 7) is 1.97. The van der Waals surface area contributed by atoms with Crippen molar-refractivity contribution in [3.63, 3.8) is 0 Å². The molecule has 0 spiro atoms. The number of nitriles is 1. The molecule has 13 heteroatoms. The highest BCUT2D eigenvalue weighted by atomic mass is 35.5. The van der Waals surface area contributed by atoms with Crippen LogP contribution in [0.3, 0.4) is 0 Å². The number of hydrogen-bond donors (Lipinski definition) is 1. The Morgan fingerprint density at radius 3 is 2.64 bits per heavy atom. The molecule has 0 saturated carbocycles. The van der Waals surface area contributed by atoms with E-state index in [-0.39, 0.29) is 39.9 Å². The van der Waals surface area contributed by atoms with Crippen LogP contribution in [0.15, 0.2) is 53.2 Å². The number of ether oxygens (including phenoxy) is 3. The van der Waals surface area contributed by atoms with Gasteiger partial charge in [-0.15, -0.1) is 0 Å². The molecule has 0 fully saturated rings. The van der Waals surface area contributed by atoms with Crippen molar-refractivity contribution < 1.29 is 27.4 Å². The van der Waals surface area contributed by atoms with E-state index >= 15 is 0 Å². The van der Waals surface area contributed by atoms with Gasteiger partial charge in [0.25, 0.3) is 11.1 Å². The molecular weight excluding hydrogens is 528 g/mol. The highest BCUT2D eigenvalue weighted by molar-refractivity contribution is 7.91. The lowest BCUT2D eigenvalue weighted by atomic mass is 10.1. The second-order valence-electron chi connectivity index (χ2n) is 6.98. The zero-order chi connectivity index (χ0) is 26.1. The Hall–Kier alpha value is -3.66. The Morgan fingerprint density at radius 1 is 1.19 bits per heavy atom. The molecule has 1 heterocycles. The number of sulfone groups is 1. The Morgan fingerprint density at radius 2 is 1.94 bits per heavy atom. The van der Waals surface area contributed by atoms with Gasteiger partial charge in [-0.2, -0.15) is 14.6 Å². The number of methoxy groups -OCH3 is 1. The zero-order valence-corrected chi connectivity index (χ0v) is 21.6. The number of nitrogens with one attached hydrogen (secondary N) is 1. The van der Waals surface area contributed by atoms with Crippen LogP contribution in [0, 0.1) is 11.3 Å². The second-order valence-corrected chi connectivity index (χ2v) is 10.3. The van der Waals surface area contributed by atoms with Crippen LogP contribution in [0.4, 0.5) is 5.13 Å². The number of anilines is 1. The van der Waals surface area contributed by atoms with Crippen molar-refractivity contribution in [2.75, 3.05) is 31.4 Å². The topological polar surface area (TPSA) is 140 Å². The summed E-state index contributed by atoms with van der Waals surface area (Å²) in [7, 11) is -2.03. The maximum atomic E-state index is 12.5. The molecule has 0 aliphatic rings. The van der Waals surface area contributed by atoms with Crippen molar-refractivity contribution in [1.29, 1.82) is 5.26 Å². The summed E-state index contributed by atoms with van der Waals surface area (Å²) < 4.78 is 43.8. The van der Waals surface area contributed by atoms with Crippen molar-refractivity contribution >= 4 is 50.1 Å². The lowest BCUT2D eigenvalue weighted by Gasteiger charge is -2.11. The summed E-state index contributed by atoms with van der Waals surface area (Å²) in [5.74, 6) is 0.798. The first-order valence-corrected chi connectivity index (χ1v) is 13.2. The lowest BCUT2D eigenvalue weighted by molar-refractivity contribution is -0.112. The maximum absolute atomic E-state index is 12.5. The normalized spacial score (nSPS) is 11.4. The minimum atomic E-state index is -3.60. The van der Waals surface area contributed by atoms with E-state index < -0.39 is 15.7 Å². The predicted molar refractivity (Wildman–Crippen MR) is 135 cm³/mol. The molecule has 0 aliphatic heterocycles. The molecule has 0 atom stereocenters. The standard InChI is InChI=1S/C23H21ClN4O6S2/c1-3-36(30,31)23-27-22(35-28-23)26-21(29)16(14-25)11-15-7-8-20(19(24)12-15)34-10-9-33-18-6-4-5-17(13-18)32-2/h4-8,11-13H,3,9-10H2,1-2H3,(H,26,27,28,29)/b16-11-. The van der Waals surface area contributed by atoms with Crippen LogP contribution in [0.5, 0.6) is 17.2 Å². The summed E-state index contributed by atoms with van der Waals surface area (Å²) in [6, 6.07) is 13.8. The monoisotopic (exact) mass is 548 g/mol. The zero-order valence-electron chi connectivity index (χ0n) is 19.2. The first-order chi connectivity index (χ1) is 17.2. The summed E-state index contributed by atoms with van der Waals surface area (Å²) in [4.78, 5) is 16.3. The number of hydrogen-bond acceptors (Lipinski definition) is 10. The fourth-order valence-electron chi connectivity index (χ4n) is 2.72. The van der Waals surface area contributed by atoms with Gasteiger partial charge in [0.05, 0.1) is 17.9 Å². The maximum Gasteiger partial charge on any atom is 0.268 e. The van der Waals surface area contributed by atoms with Crippen LogP contribution in [0.1, 0.15) is 12.5 Å². The van der Waals surface area contributed by atoms with E-state index in [1.54, 1.807) is 43.5 Å². The van der Waals surface area contributed by atoms with Gasteiger partial charge in [-0.3, -0.25) is 10.1 Å². The van der Waals surface area contributed by atoms with E-state index in [0.29, 0.717) is 34.3 Å². The number of benzene rings is 2. The van der Waals surface area contributed by atoms with Gasteiger partial charge in [0.2, 0.25) is 15.0 Å². The Balaban J connectivity index is 1.59. The van der Waals surface area contributed by atoms with Gasteiger partial charge in [-0.25, -0.2) is 8.42 Å². The van der Waals surface area contributed by atoms with E-state index in [4.69, 9.17) is 25.8 Å². The SMILES string of the molecule is CCS(=O)(=O)c1nsc(NC(=O)/C(C#N)=C\c2ccc(OCCOc3cccc(OC)c3)c(Cl)c2)n1. The number of amides is 1. The summed E-state index contributed by atoms with van der Waals surface area (Å²) >= 11 is 7.00. The van der Waals surface area contributed by atoms with E-state index in [2.05, 4.69) is 14.7 Å². The Labute approximate surface area is 217 Å². The summed E-state index contributed by atoms with van der Waals surface area (Å²) in [5, 5.41) is 11.7.